The Morgan fingerprint density at radius 1 is 0.943 bits per heavy atom. The summed E-state index contributed by atoms with van der Waals surface area (Å²) in [6, 6.07) is 11.5. The predicted octanol–water partition coefficient (Wildman–Crippen LogP) is 5.27. The van der Waals surface area contributed by atoms with E-state index in [1.807, 2.05) is 57.3 Å². The highest BCUT2D eigenvalue weighted by atomic mass is 35.5. The normalized spacial score (nSPS) is 11.2. The highest BCUT2D eigenvalue weighted by Crippen LogP contribution is 2.44. The molecule has 0 radical (unpaired) electrons. The number of benzene rings is 2. The molecule has 190 valence electrons. The summed E-state index contributed by atoms with van der Waals surface area (Å²) in [5.74, 6) is 0.803. The van der Waals surface area contributed by atoms with Crippen molar-refractivity contribution in [2.45, 2.75) is 33.1 Å². The van der Waals surface area contributed by atoms with Crippen LogP contribution >= 0.6 is 11.6 Å². The van der Waals surface area contributed by atoms with Crippen LogP contribution in [0.25, 0.3) is 22.4 Å². The van der Waals surface area contributed by atoms with Crippen LogP contribution in [0.4, 0.5) is 0 Å². The van der Waals surface area contributed by atoms with Gasteiger partial charge in [-0.05, 0) is 74.6 Å². The largest absolute Gasteiger partial charge is 0.506 e. The maximum atomic E-state index is 11.4. The molecule has 1 heterocycles. The van der Waals surface area contributed by atoms with Crippen LogP contribution in [-0.2, 0) is 16.5 Å². The van der Waals surface area contributed by atoms with E-state index in [4.69, 9.17) is 31.5 Å². The van der Waals surface area contributed by atoms with Crippen LogP contribution in [0, 0.1) is 13.8 Å². The number of halogens is 1. The summed E-state index contributed by atoms with van der Waals surface area (Å²) < 4.78 is 18.8. The Kier molecular flexibility index (Phi) is 10.4. The number of phenols is 1. The summed E-state index contributed by atoms with van der Waals surface area (Å²) in [4.78, 5) is 0. The van der Waals surface area contributed by atoms with E-state index >= 15 is 0 Å². The number of aromatic nitrogens is 2. The Balaban J connectivity index is 1.67. The van der Waals surface area contributed by atoms with Gasteiger partial charge in [-0.15, -0.1) is 0 Å². The van der Waals surface area contributed by atoms with Gasteiger partial charge in [-0.25, -0.2) is 0 Å². The maximum Gasteiger partial charge on any atom is 0.136 e. The average Bonchev–Trinajstić information content (AvgIpc) is 3.17. The fraction of sp³-hybridized carbons (Fsp3) is 0.444. The minimum Gasteiger partial charge on any atom is -0.506 e. The van der Waals surface area contributed by atoms with Crippen molar-refractivity contribution in [3.05, 3.63) is 52.7 Å². The zero-order chi connectivity index (χ0) is 25.2. The van der Waals surface area contributed by atoms with Gasteiger partial charge in [0, 0.05) is 30.8 Å². The Labute approximate surface area is 212 Å². The molecule has 0 saturated carbocycles. The van der Waals surface area contributed by atoms with Crippen molar-refractivity contribution in [2.75, 3.05) is 39.6 Å². The first-order chi connectivity index (χ1) is 16.9. The molecule has 3 aromatic rings. The van der Waals surface area contributed by atoms with Crippen LogP contribution in [0.5, 0.6) is 11.5 Å². The van der Waals surface area contributed by atoms with Crippen molar-refractivity contribution in [2.24, 2.45) is 12.8 Å². The van der Waals surface area contributed by atoms with Crippen molar-refractivity contribution in [3.8, 4) is 33.9 Å². The van der Waals surface area contributed by atoms with Crippen molar-refractivity contribution >= 4 is 11.6 Å². The number of ether oxygens (including phenoxy) is 3. The zero-order valence-corrected chi connectivity index (χ0v) is 21.6. The lowest BCUT2D eigenvalue weighted by Crippen LogP contribution is -2.12. The predicted molar refractivity (Wildman–Crippen MR) is 140 cm³/mol. The molecule has 0 aliphatic heterocycles. The lowest BCUT2D eigenvalue weighted by atomic mass is 9.97. The SMILES string of the molecule is Cc1cc(-c2ccc(OCCCCCOCCOCCN)c(-c3ccc(Cl)c(C)c3)c2O)n(C)n1. The zero-order valence-electron chi connectivity index (χ0n) is 20.8. The smallest absolute Gasteiger partial charge is 0.136 e. The Hall–Kier alpha value is -2.58. The number of aromatic hydroxyl groups is 1. The lowest BCUT2D eigenvalue weighted by Gasteiger charge is -2.17. The number of hydrogen-bond acceptors (Lipinski definition) is 6. The standard InChI is InChI=1S/C27H36ClN3O4/c1-19-17-21(7-9-23(19)28)26-25(35-13-6-4-5-12-33-15-16-34-14-11-29)10-8-22(27(26)32)24-18-20(2)30-31(24)3/h7-10,17-18,32H,4-6,11-16,29H2,1-3H3. The second-order valence-corrected chi connectivity index (χ2v) is 8.92. The fourth-order valence-corrected chi connectivity index (χ4v) is 4.03. The third kappa shape index (κ3) is 7.45. The molecule has 8 heteroatoms. The summed E-state index contributed by atoms with van der Waals surface area (Å²) in [5, 5.41) is 16.5. The lowest BCUT2D eigenvalue weighted by molar-refractivity contribution is 0.0490. The molecular weight excluding hydrogens is 466 g/mol. The average molecular weight is 502 g/mol. The first-order valence-corrected chi connectivity index (χ1v) is 12.4. The fourth-order valence-electron chi connectivity index (χ4n) is 3.91. The minimum absolute atomic E-state index is 0.164. The van der Waals surface area contributed by atoms with Gasteiger partial charge in [0.15, 0.2) is 0 Å². The van der Waals surface area contributed by atoms with E-state index in [0.29, 0.717) is 61.5 Å². The molecule has 0 unspecified atom stereocenters. The topological polar surface area (TPSA) is 91.8 Å². The van der Waals surface area contributed by atoms with Gasteiger partial charge in [0.2, 0.25) is 0 Å². The number of nitrogens with zero attached hydrogens (tertiary/aromatic N) is 2. The van der Waals surface area contributed by atoms with Gasteiger partial charge >= 0.3 is 0 Å². The number of rotatable bonds is 14. The van der Waals surface area contributed by atoms with Crippen LogP contribution in [0.15, 0.2) is 36.4 Å². The minimum atomic E-state index is 0.164. The van der Waals surface area contributed by atoms with Crippen LogP contribution < -0.4 is 10.5 Å². The maximum absolute atomic E-state index is 11.4. The van der Waals surface area contributed by atoms with Crippen LogP contribution in [0.3, 0.4) is 0 Å². The van der Waals surface area contributed by atoms with Gasteiger partial charge in [0.05, 0.1) is 43.4 Å². The molecular formula is C27H36ClN3O4. The molecule has 1 aromatic heterocycles. The van der Waals surface area contributed by atoms with Crippen molar-refractivity contribution < 1.29 is 19.3 Å². The van der Waals surface area contributed by atoms with E-state index in [1.165, 1.54) is 0 Å². The molecule has 0 spiro atoms. The second-order valence-electron chi connectivity index (χ2n) is 8.52. The summed E-state index contributed by atoms with van der Waals surface area (Å²) in [7, 11) is 1.87. The highest BCUT2D eigenvalue weighted by Gasteiger charge is 2.19. The van der Waals surface area contributed by atoms with E-state index in [9.17, 15) is 5.11 Å². The third-order valence-electron chi connectivity index (χ3n) is 5.69. The molecule has 0 amide bonds. The molecule has 0 atom stereocenters. The quantitative estimate of drug-likeness (QED) is 0.292. The molecule has 0 saturated heterocycles. The number of unbranched alkanes of at least 4 members (excludes halogenated alkanes) is 2. The summed E-state index contributed by atoms with van der Waals surface area (Å²) >= 11 is 6.26. The van der Waals surface area contributed by atoms with Crippen molar-refractivity contribution in [1.29, 1.82) is 0 Å². The van der Waals surface area contributed by atoms with Gasteiger partial charge in [-0.3, -0.25) is 4.68 Å². The van der Waals surface area contributed by atoms with Crippen molar-refractivity contribution in [1.82, 2.24) is 9.78 Å². The van der Waals surface area contributed by atoms with E-state index in [0.717, 1.165) is 41.8 Å². The molecule has 3 rings (SSSR count). The van der Waals surface area contributed by atoms with Crippen LogP contribution in [0.1, 0.15) is 30.5 Å². The molecule has 3 N–H and O–H groups in total. The second kappa shape index (κ2) is 13.5. The summed E-state index contributed by atoms with van der Waals surface area (Å²) in [6.07, 6.45) is 2.82. The number of hydrogen-bond donors (Lipinski definition) is 2. The van der Waals surface area contributed by atoms with E-state index in [-0.39, 0.29) is 5.75 Å². The van der Waals surface area contributed by atoms with Gasteiger partial charge in [0.1, 0.15) is 11.5 Å². The first kappa shape index (κ1) is 27.0. The van der Waals surface area contributed by atoms with Gasteiger partial charge in [-0.2, -0.15) is 5.10 Å². The molecule has 0 aliphatic carbocycles. The Morgan fingerprint density at radius 3 is 2.37 bits per heavy atom. The summed E-state index contributed by atoms with van der Waals surface area (Å²) in [6.45, 7) is 7.38. The molecule has 2 aromatic carbocycles. The van der Waals surface area contributed by atoms with Gasteiger partial charge in [0.25, 0.3) is 0 Å². The van der Waals surface area contributed by atoms with Crippen molar-refractivity contribution in [3.63, 3.8) is 0 Å². The van der Waals surface area contributed by atoms with Gasteiger partial charge < -0.3 is 25.1 Å². The van der Waals surface area contributed by atoms with E-state index < -0.39 is 0 Å². The number of aryl methyl sites for hydroxylation is 3. The monoisotopic (exact) mass is 501 g/mol. The molecule has 0 fully saturated rings. The molecule has 0 aliphatic rings. The van der Waals surface area contributed by atoms with E-state index in [1.54, 1.807) is 4.68 Å². The number of nitrogens with two attached hydrogens (primary N) is 1. The molecule has 35 heavy (non-hydrogen) atoms. The van der Waals surface area contributed by atoms with E-state index in [2.05, 4.69) is 5.10 Å². The third-order valence-corrected chi connectivity index (χ3v) is 6.11. The highest BCUT2D eigenvalue weighted by molar-refractivity contribution is 6.31. The molecule has 0 bridgehead atoms. The van der Waals surface area contributed by atoms with Gasteiger partial charge in [-0.1, -0.05) is 17.7 Å². The summed E-state index contributed by atoms with van der Waals surface area (Å²) in [5.41, 5.74) is 10.3. The van der Waals surface area contributed by atoms with Crippen LogP contribution in [0.2, 0.25) is 5.02 Å². The molecule has 7 nitrogen and oxygen atoms in total. The first-order valence-electron chi connectivity index (χ1n) is 12.0. The Bertz CT molecular complexity index is 1100. The number of phenolic OH excluding ortho intramolecular Hbond substituents is 1. The van der Waals surface area contributed by atoms with Crippen LogP contribution in [-0.4, -0.2) is 54.5 Å². The Morgan fingerprint density at radius 2 is 1.69 bits per heavy atom.